The molecule has 29 heavy (non-hydrogen) atoms. The Morgan fingerprint density at radius 3 is 2.52 bits per heavy atom. The minimum Gasteiger partial charge on any atom is -0.497 e. The fourth-order valence-corrected chi connectivity index (χ4v) is 3.47. The molecule has 3 N–H and O–H groups in total. The minimum atomic E-state index is 0.610. The first-order valence-electron chi connectivity index (χ1n) is 9.79. The number of nitrogens with one attached hydrogen (secondary N) is 1. The smallest absolute Gasteiger partial charge is 0.146 e. The van der Waals surface area contributed by atoms with Crippen LogP contribution in [0.5, 0.6) is 5.75 Å². The Hall–Kier alpha value is -3.16. The fraction of sp³-hybridized carbons (Fsp3) is 0.273. The van der Waals surface area contributed by atoms with Crippen molar-refractivity contribution in [3.63, 3.8) is 0 Å². The lowest BCUT2D eigenvalue weighted by molar-refractivity contribution is 0.265. The van der Waals surface area contributed by atoms with E-state index in [1.807, 2.05) is 47.0 Å². The van der Waals surface area contributed by atoms with E-state index in [1.165, 1.54) is 0 Å². The van der Waals surface area contributed by atoms with E-state index in [0.717, 1.165) is 61.2 Å². The van der Waals surface area contributed by atoms with Crippen LogP contribution >= 0.6 is 0 Å². The molecule has 1 saturated heterocycles. The Morgan fingerprint density at radius 2 is 1.83 bits per heavy atom. The maximum atomic E-state index is 6.53. The van der Waals surface area contributed by atoms with Gasteiger partial charge in [-0.25, -0.2) is 4.98 Å². The number of ether oxygens (including phenoxy) is 1. The highest BCUT2D eigenvalue weighted by Gasteiger charge is 2.16. The van der Waals surface area contributed by atoms with Gasteiger partial charge in [-0.3, -0.25) is 14.5 Å². The van der Waals surface area contributed by atoms with Gasteiger partial charge in [0.05, 0.1) is 12.8 Å². The van der Waals surface area contributed by atoms with Gasteiger partial charge < -0.3 is 15.8 Å². The highest BCUT2D eigenvalue weighted by atomic mass is 16.5. The first-order chi connectivity index (χ1) is 14.3. The average molecular weight is 390 g/mol. The van der Waals surface area contributed by atoms with Crippen LogP contribution in [0.3, 0.4) is 0 Å². The van der Waals surface area contributed by atoms with Crippen molar-refractivity contribution < 1.29 is 4.74 Å². The molecule has 0 bridgehead atoms. The molecule has 1 aromatic carbocycles. The maximum Gasteiger partial charge on any atom is 0.146 e. The lowest BCUT2D eigenvalue weighted by atomic mass is 10.2. The maximum absolute atomic E-state index is 6.53. The quantitative estimate of drug-likeness (QED) is 0.673. The van der Waals surface area contributed by atoms with Gasteiger partial charge in [0, 0.05) is 50.7 Å². The first-order valence-corrected chi connectivity index (χ1v) is 9.79. The van der Waals surface area contributed by atoms with Crippen LogP contribution in [0.1, 0.15) is 5.69 Å². The molecule has 4 rings (SSSR count). The summed E-state index contributed by atoms with van der Waals surface area (Å²) in [5.74, 6) is 2.21. The lowest BCUT2D eigenvalue weighted by Crippen LogP contribution is -2.43. The number of benzene rings is 1. The average Bonchev–Trinajstić information content (AvgIpc) is 3.11. The van der Waals surface area contributed by atoms with E-state index in [2.05, 4.69) is 21.3 Å². The van der Waals surface area contributed by atoms with Crippen LogP contribution in [-0.2, 0) is 0 Å². The molecule has 7 nitrogen and oxygen atoms in total. The van der Waals surface area contributed by atoms with Gasteiger partial charge in [0.2, 0.25) is 0 Å². The molecule has 1 aliphatic heterocycles. The number of rotatable bonds is 6. The summed E-state index contributed by atoms with van der Waals surface area (Å²) in [5, 5.41) is 3.37. The largest absolute Gasteiger partial charge is 0.497 e. The number of methoxy groups -OCH3 is 1. The van der Waals surface area contributed by atoms with E-state index in [9.17, 15) is 0 Å². The number of nitrogen functional groups attached to an aromatic ring is 1. The molecular formula is C22H26N6O. The van der Waals surface area contributed by atoms with Crippen molar-refractivity contribution in [2.45, 2.75) is 0 Å². The molecule has 1 fully saturated rings. The molecule has 2 aromatic heterocycles. The molecule has 0 unspecified atom stereocenters. The van der Waals surface area contributed by atoms with E-state index >= 15 is 0 Å². The van der Waals surface area contributed by atoms with Gasteiger partial charge in [-0.15, -0.1) is 0 Å². The highest BCUT2D eigenvalue weighted by Crippen LogP contribution is 2.30. The van der Waals surface area contributed by atoms with Crippen molar-refractivity contribution in [1.29, 1.82) is 0 Å². The van der Waals surface area contributed by atoms with Crippen LogP contribution in [0, 0.1) is 0 Å². The molecule has 7 heteroatoms. The molecule has 0 aliphatic carbocycles. The summed E-state index contributed by atoms with van der Waals surface area (Å²) in [6, 6.07) is 11.7. The Kier molecular flexibility index (Phi) is 5.88. The Labute approximate surface area is 170 Å². The highest BCUT2D eigenvalue weighted by molar-refractivity contribution is 5.70. The third kappa shape index (κ3) is 4.31. The van der Waals surface area contributed by atoms with Crippen molar-refractivity contribution in [2.75, 3.05) is 45.6 Å². The van der Waals surface area contributed by atoms with E-state index in [1.54, 1.807) is 19.5 Å². The molecule has 0 amide bonds. The molecule has 1 aliphatic rings. The summed E-state index contributed by atoms with van der Waals surface area (Å²) in [4.78, 5) is 11.4. The van der Waals surface area contributed by atoms with E-state index < -0.39 is 0 Å². The monoisotopic (exact) mass is 390 g/mol. The molecule has 0 atom stereocenters. The first kappa shape index (κ1) is 19.2. The summed E-state index contributed by atoms with van der Waals surface area (Å²) in [6.07, 6.45) is 7.67. The van der Waals surface area contributed by atoms with Gasteiger partial charge in [0.15, 0.2) is 0 Å². The predicted molar refractivity (Wildman–Crippen MR) is 116 cm³/mol. The van der Waals surface area contributed by atoms with Crippen LogP contribution in [0.4, 0.5) is 5.82 Å². The lowest BCUT2D eigenvalue weighted by Gasteiger charge is -2.25. The van der Waals surface area contributed by atoms with Crippen LogP contribution < -0.4 is 15.8 Å². The summed E-state index contributed by atoms with van der Waals surface area (Å²) in [5.41, 5.74) is 9.19. The summed E-state index contributed by atoms with van der Waals surface area (Å²) in [7, 11) is 1.66. The third-order valence-electron chi connectivity index (χ3n) is 5.06. The van der Waals surface area contributed by atoms with Crippen LogP contribution in [-0.4, -0.2) is 59.3 Å². The molecule has 3 aromatic rings. The summed E-state index contributed by atoms with van der Waals surface area (Å²) in [6.45, 7) is 5.08. The Morgan fingerprint density at radius 1 is 1.10 bits per heavy atom. The number of piperazine rings is 1. The molecule has 0 saturated carbocycles. The summed E-state index contributed by atoms with van der Waals surface area (Å²) >= 11 is 0. The standard InChI is InChI=1S/C22H26N6O/c1-29-19-6-4-17(5-7-19)22-26-20(3-2-14-27-15-12-25-13-16-27)21(23)28(22)18-8-10-24-11-9-18/h2-11,25H,12-16,23H2,1H3/b3-2-. The van der Waals surface area contributed by atoms with E-state index in [0.29, 0.717) is 5.82 Å². The Bertz CT molecular complexity index is 959. The minimum absolute atomic E-state index is 0.610. The SMILES string of the molecule is COc1ccc(-c2nc(/C=C\CN3CCNCC3)c(N)n2-c2ccncc2)cc1. The van der Waals surface area contributed by atoms with E-state index in [-0.39, 0.29) is 0 Å². The van der Waals surface area contributed by atoms with Crippen LogP contribution in [0.25, 0.3) is 23.2 Å². The third-order valence-corrected chi connectivity index (χ3v) is 5.06. The molecular weight excluding hydrogens is 364 g/mol. The van der Waals surface area contributed by atoms with Gasteiger partial charge in [-0.05, 0) is 42.5 Å². The molecule has 0 radical (unpaired) electrons. The van der Waals surface area contributed by atoms with Gasteiger partial charge in [-0.1, -0.05) is 6.08 Å². The zero-order valence-corrected chi connectivity index (χ0v) is 16.6. The number of pyridine rings is 1. The van der Waals surface area contributed by atoms with Crippen molar-refractivity contribution in [1.82, 2.24) is 24.8 Å². The Balaban J connectivity index is 1.68. The van der Waals surface area contributed by atoms with Gasteiger partial charge in [0.1, 0.15) is 23.1 Å². The van der Waals surface area contributed by atoms with Crippen molar-refractivity contribution in [2.24, 2.45) is 0 Å². The van der Waals surface area contributed by atoms with Crippen molar-refractivity contribution in [3.05, 3.63) is 60.6 Å². The second-order valence-corrected chi connectivity index (χ2v) is 6.93. The van der Waals surface area contributed by atoms with Crippen LogP contribution in [0.2, 0.25) is 0 Å². The van der Waals surface area contributed by atoms with Gasteiger partial charge in [-0.2, -0.15) is 0 Å². The molecule has 150 valence electrons. The second kappa shape index (κ2) is 8.89. The van der Waals surface area contributed by atoms with Crippen molar-refractivity contribution >= 4 is 11.9 Å². The zero-order chi connectivity index (χ0) is 20.1. The predicted octanol–water partition coefficient (Wildman–Crippen LogP) is 2.44. The second-order valence-electron chi connectivity index (χ2n) is 6.93. The fourth-order valence-electron chi connectivity index (χ4n) is 3.47. The number of hydrogen-bond acceptors (Lipinski definition) is 6. The normalized spacial score (nSPS) is 15.1. The molecule has 0 spiro atoms. The number of imidazole rings is 1. The molecule has 3 heterocycles. The number of nitrogens with two attached hydrogens (primary N) is 1. The number of aromatic nitrogens is 3. The van der Waals surface area contributed by atoms with Crippen LogP contribution in [0.15, 0.2) is 54.9 Å². The topological polar surface area (TPSA) is 81.2 Å². The number of anilines is 1. The van der Waals surface area contributed by atoms with E-state index in [4.69, 9.17) is 15.5 Å². The number of nitrogens with zero attached hydrogens (tertiary/aromatic N) is 4. The number of hydrogen-bond donors (Lipinski definition) is 2. The van der Waals surface area contributed by atoms with Crippen molar-refractivity contribution in [3.8, 4) is 22.8 Å². The van der Waals surface area contributed by atoms with Gasteiger partial charge in [0.25, 0.3) is 0 Å². The van der Waals surface area contributed by atoms with Gasteiger partial charge >= 0.3 is 0 Å². The zero-order valence-electron chi connectivity index (χ0n) is 16.6. The summed E-state index contributed by atoms with van der Waals surface area (Å²) < 4.78 is 7.25.